The summed E-state index contributed by atoms with van der Waals surface area (Å²) in [5, 5.41) is 9.10. The van der Waals surface area contributed by atoms with Gasteiger partial charge in [-0.05, 0) is 36.8 Å². The van der Waals surface area contributed by atoms with Gasteiger partial charge in [0, 0.05) is 16.3 Å². The molecule has 0 aliphatic rings. The Hall–Kier alpha value is -3.82. The number of para-hydroxylation sites is 1. The third-order valence-electron chi connectivity index (χ3n) is 5.74. The first-order chi connectivity index (χ1) is 17.4. The fraction of sp³-hybridized carbons (Fsp3) is 0.222. The van der Waals surface area contributed by atoms with Crippen molar-refractivity contribution in [3.63, 3.8) is 0 Å². The van der Waals surface area contributed by atoms with Crippen molar-refractivity contribution in [2.75, 3.05) is 12.3 Å². The number of ether oxygens (including phenoxy) is 1. The largest absolute Gasteiger partial charge is 0.493 e. The Balaban J connectivity index is 1.57. The standard InChI is InChI=1S/C27H28N4O4S/c1-2-3-4-9-16-35-25-13-8-7-12-22(25)23-15-14-19(18-29-23)30-31-24-17-26(36(32,33)34)20-10-5-6-11-21(20)27(24)28/h5-8,10-15,17-18H,2-4,9,16,28H2,1H3,(H,32,33,34). The minimum Gasteiger partial charge on any atom is -0.493 e. The van der Waals surface area contributed by atoms with Gasteiger partial charge in [-0.1, -0.05) is 62.6 Å². The van der Waals surface area contributed by atoms with Gasteiger partial charge in [0.1, 0.15) is 22.0 Å². The third kappa shape index (κ3) is 5.87. The van der Waals surface area contributed by atoms with Crippen LogP contribution < -0.4 is 10.5 Å². The molecule has 0 bridgehead atoms. The smallest absolute Gasteiger partial charge is 0.295 e. The molecule has 1 heterocycles. The number of nitrogens with zero attached hydrogens (tertiary/aromatic N) is 3. The van der Waals surface area contributed by atoms with E-state index in [2.05, 4.69) is 22.1 Å². The first-order valence-electron chi connectivity index (χ1n) is 11.8. The van der Waals surface area contributed by atoms with E-state index in [4.69, 9.17) is 10.5 Å². The van der Waals surface area contributed by atoms with E-state index in [1.165, 1.54) is 18.9 Å². The first kappa shape index (κ1) is 25.3. The summed E-state index contributed by atoms with van der Waals surface area (Å²) in [5.74, 6) is 0.776. The highest BCUT2D eigenvalue weighted by atomic mass is 32.2. The molecule has 8 nitrogen and oxygen atoms in total. The second-order valence-corrected chi connectivity index (χ2v) is 9.73. The quantitative estimate of drug-likeness (QED) is 0.103. The molecule has 3 aromatic carbocycles. The molecule has 0 atom stereocenters. The van der Waals surface area contributed by atoms with Crippen molar-refractivity contribution in [2.45, 2.75) is 37.5 Å². The molecule has 1 aromatic heterocycles. The second kappa shape index (κ2) is 11.3. The van der Waals surface area contributed by atoms with Crippen LogP contribution in [0.2, 0.25) is 0 Å². The molecule has 0 fully saturated rings. The van der Waals surface area contributed by atoms with E-state index in [9.17, 15) is 13.0 Å². The maximum Gasteiger partial charge on any atom is 0.295 e. The highest BCUT2D eigenvalue weighted by Crippen LogP contribution is 2.37. The zero-order valence-corrected chi connectivity index (χ0v) is 20.8. The van der Waals surface area contributed by atoms with E-state index < -0.39 is 10.1 Å². The zero-order valence-electron chi connectivity index (χ0n) is 20.0. The first-order valence-corrected chi connectivity index (χ1v) is 13.2. The molecule has 186 valence electrons. The van der Waals surface area contributed by atoms with E-state index in [1.807, 2.05) is 30.3 Å². The number of anilines is 1. The molecule has 4 rings (SSSR count). The summed E-state index contributed by atoms with van der Waals surface area (Å²) in [7, 11) is -4.49. The van der Waals surface area contributed by atoms with Gasteiger partial charge < -0.3 is 10.5 Å². The summed E-state index contributed by atoms with van der Waals surface area (Å²) in [6, 6.07) is 19.2. The van der Waals surface area contributed by atoms with Crippen LogP contribution >= 0.6 is 0 Å². The Bertz CT molecular complexity index is 1490. The molecule has 3 N–H and O–H groups in total. The lowest BCUT2D eigenvalue weighted by atomic mass is 10.1. The molecular formula is C27H28N4O4S. The molecule has 36 heavy (non-hydrogen) atoms. The van der Waals surface area contributed by atoms with E-state index in [-0.39, 0.29) is 16.3 Å². The Morgan fingerprint density at radius 2 is 1.69 bits per heavy atom. The van der Waals surface area contributed by atoms with Crippen LogP contribution in [0.4, 0.5) is 17.1 Å². The molecule has 0 unspecified atom stereocenters. The molecule has 0 aliphatic heterocycles. The summed E-state index contributed by atoms with van der Waals surface area (Å²) >= 11 is 0. The molecule has 0 saturated heterocycles. The highest BCUT2D eigenvalue weighted by Gasteiger charge is 2.18. The van der Waals surface area contributed by atoms with Gasteiger partial charge in [-0.3, -0.25) is 9.54 Å². The monoisotopic (exact) mass is 504 g/mol. The van der Waals surface area contributed by atoms with E-state index in [0.29, 0.717) is 23.1 Å². The van der Waals surface area contributed by atoms with Gasteiger partial charge in [0.15, 0.2) is 0 Å². The fourth-order valence-corrected chi connectivity index (χ4v) is 4.59. The molecule has 9 heteroatoms. The SMILES string of the molecule is CCCCCCOc1ccccc1-c1ccc(N=Nc2cc(S(=O)(=O)O)c3ccccc3c2N)cn1. The summed E-state index contributed by atoms with van der Waals surface area (Å²) in [6.07, 6.45) is 6.10. The van der Waals surface area contributed by atoms with Crippen molar-refractivity contribution in [3.05, 3.63) is 72.9 Å². The average Bonchev–Trinajstić information content (AvgIpc) is 2.88. The van der Waals surface area contributed by atoms with Crippen LogP contribution in [0.5, 0.6) is 5.75 Å². The van der Waals surface area contributed by atoms with E-state index in [0.717, 1.165) is 29.8 Å². The molecular weight excluding hydrogens is 476 g/mol. The normalized spacial score (nSPS) is 11.8. The molecule has 0 aliphatic carbocycles. The zero-order chi connectivity index (χ0) is 25.5. The third-order valence-corrected chi connectivity index (χ3v) is 6.64. The number of aromatic nitrogens is 1. The van der Waals surface area contributed by atoms with Gasteiger partial charge in [0.25, 0.3) is 10.1 Å². The lowest BCUT2D eigenvalue weighted by Gasteiger charge is -2.11. The van der Waals surface area contributed by atoms with Gasteiger partial charge in [-0.25, -0.2) is 0 Å². The number of pyridine rings is 1. The maximum atomic E-state index is 11.9. The number of hydrogen-bond acceptors (Lipinski definition) is 7. The Morgan fingerprint density at radius 3 is 2.42 bits per heavy atom. The summed E-state index contributed by atoms with van der Waals surface area (Å²) in [5.41, 5.74) is 8.68. The number of nitrogens with two attached hydrogens (primary N) is 1. The molecule has 0 radical (unpaired) electrons. The van der Waals surface area contributed by atoms with Crippen molar-refractivity contribution in [1.82, 2.24) is 4.98 Å². The summed E-state index contributed by atoms with van der Waals surface area (Å²) in [4.78, 5) is 4.23. The van der Waals surface area contributed by atoms with Crippen molar-refractivity contribution in [3.8, 4) is 17.0 Å². The number of fused-ring (bicyclic) bond motifs is 1. The molecule has 0 amide bonds. The van der Waals surface area contributed by atoms with Crippen LogP contribution in [0.15, 0.2) is 88.1 Å². The number of nitrogen functional groups attached to an aromatic ring is 1. The maximum absolute atomic E-state index is 11.9. The van der Waals surface area contributed by atoms with Crippen LogP contribution in [-0.4, -0.2) is 24.6 Å². The van der Waals surface area contributed by atoms with Gasteiger partial charge in [-0.2, -0.15) is 8.42 Å². The van der Waals surface area contributed by atoms with Crippen molar-refractivity contribution in [2.24, 2.45) is 10.2 Å². The summed E-state index contributed by atoms with van der Waals surface area (Å²) in [6.45, 7) is 2.83. The Morgan fingerprint density at radius 1 is 0.944 bits per heavy atom. The number of rotatable bonds is 10. The predicted octanol–water partition coefficient (Wildman–Crippen LogP) is 7.11. The topological polar surface area (TPSA) is 127 Å². The lowest BCUT2D eigenvalue weighted by Crippen LogP contribution is -2.01. The Kier molecular flexibility index (Phi) is 7.92. The van der Waals surface area contributed by atoms with Crippen molar-refractivity contribution >= 4 is 38.0 Å². The fourth-order valence-electron chi connectivity index (χ4n) is 3.88. The lowest BCUT2D eigenvalue weighted by molar-refractivity contribution is 0.306. The molecule has 0 saturated carbocycles. The number of benzene rings is 3. The van der Waals surface area contributed by atoms with Crippen LogP contribution in [0.1, 0.15) is 32.6 Å². The minimum atomic E-state index is -4.49. The van der Waals surface area contributed by atoms with Crippen LogP contribution in [-0.2, 0) is 10.1 Å². The number of hydrogen-bond donors (Lipinski definition) is 2. The minimum absolute atomic E-state index is 0.132. The van der Waals surface area contributed by atoms with Gasteiger partial charge in [0.2, 0.25) is 0 Å². The highest BCUT2D eigenvalue weighted by molar-refractivity contribution is 7.86. The van der Waals surface area contributed by atoms with E-state index >= 15 is 0 Å². The average molecular weight is 505 g/mol. The molecule has 4 aromatic rings. The van der Waals surface area contributed by atoms with Crippen molar-refractivity contribution < 1.29 is 17.7 Å². The van der Waals surface area contributed by atoms with Crippen LogP contribution in [0.3, 0.4) is 0 Å². The number of azo groups is 1. The van der Waals surface area contributed by atoms with Crippen molar-refractivity contribution in [1.29, 1.82) is 0 Å². The van der Waals surface area contributed by atoms with Crippen LogP contribution in [0, 0.1) is 0 Å². The van der Waals surface area contributed by atoms with Gasteiger partial charge in [0.05, 0.1) is 24.2 Å². The Labute approximate surface area is 210 Å². The number of unbranched alkanes of at least 4 members (excludes halogenated alkanes) is 3. The molecule has 0 spiro atoms. The summed E-state index contributed by atoms with van der Waals surface area (Å²) < 4.78 is 39.5. The van der Waals surface area contributed by atoms with Crippen LogP contribution in [0.25, 0.3) is 22.0 Å². The predicted molar refractivity (Wildman–Crippen MR) is 142 cm³/mol. The van der Waals surface area contributed by atoms with E-state index in [1.54, 1.807) is 36.5 Å². The second-order valence-electron chi connectivity index (χ2n) is 8.34. The van der Waals surface area contributed by atoms with Gasteiger partial charge in [-0.15, -0.1) is 10.2 Å². The van der Waals surface area contributed by atoms with Gasteiger partial charge >= 0.3 is 0 Å².